The summed E-state index contributed by atoms with van der Waals surface area (Å²) in [5.74, 6) is 3.87. The van der Waals surface area contributed by atoms with Gasteiger partial charge < -0.3 is 20.1 Å². The molecule has 8 nitrogen and oxygen atoms in total. The lowest BCUT2D eigenvalue weighted by Crippen LogP contribution is -2.23. The van der Waals surface area contributed by atoms with Gasteiger partial charge in [-0.3, -0.25) is 19.2 Å². The smallest absolute Gasteiger partial charge is 0.306 e. The van der Waals surface area contributed by atoms with Gasteiger partial charge in [-0.15, -0.1) is 0 Å². The number of nitrogens with one attached hydrogen (secondary N) is 2. The van der Waals surface area contributed by atoms with Gasteiger partial charge in [0.2, 0.25) is 11.8 Å². The quantitative estimate of drug-likeness (QED) is 0.546. The van der Waals surface area contributed by atoms with Crippen LogP contribution in [-0.2, 0) is 28.7 Å². The molecular formula is C24H42N2O6. The molecule has 3 fully saturated rings. The Morgan fingerprint density at radius 2 is 1.09 bits per heavy atom. The first-order valence-electron chi connectivity index (χ1n) is 12.0. The lowest BCUT2D eigenvalue weighted by atomic mass is 9.82. The third-order valence-corrected chi connectivity index (χ3v) is 6.67. The molecule has 8 heteroatoms. The average Bonchev–Trinajstić information content (AvgIpc) is 3.52. The van der Waals surface area contributed by atoms with E-state index in [1.165, 1.54) is 37.9 Å². The van der Waals surface area contributed by atoms with Crippen LogP contribution in [0.4, 0.5) is 0 Å². The van der Waals surface area contributed by atoms with E-state index >= 15 is 0 Å². The molecule has 0 radical (unpaired) electrons. The summed E-state index contributed by atoms with van der Waals surface area (Å²) >= 11 is 0. The Kier molecular flexibility index (Phi) is 13.6. The summed E-state index contributed by atoms with van der Waals surface area (Å²) in [4.78, 5) is 42.5. The zero-order valence-corrected chi connectivity index (χ0v) is 20.2. The van der Waals surface area contributed by atoms with Gasteiger partial charge >= 0.3 is 11.9 Å². The summed E-state index contributed by atoms with van der Waals surface area (Å²) in [6.45, 7) is 4.85. The van der Waals surface area contributed by atoms with Gasteiger partial charge in [0.1, 0.15) is 0 Å². The maximum atomic E-state index is 10.7. The first-order chi connectivity index (χ1) is 15.4. The highest BCUT2D eigenvalue weighted by molar-refractivity contribution is 5.81. The Balaban J connectivity index is 0.000000240. The van der Waals surface area contributed by atoms with Crippen LogP contribution in [0.2, 0.25) is 0 Å². The molecule has 0 saturated heterocycles. The summed E-state index contributed by atoms with van der Waals surface area (Å²) in [5, 5.41) is 5.16. The van der Waals surface area contributed by atoms with Crippen LogP contribution in [0.5, 0.6) is 0 Å². The molecule has 2 N–H and O–H groups in total. The molecule has 3 saturated carbocycles. The van der Waals surface area contributed by atoms with Crippen molar-refractivity contribution >= 4 is 23.8 Å². The first kappa shape index (κ1) is 27.9. The van der Waals surface area contributed by atoms with Gasteiger partial charge in [0, 0.05) is 25.9 Å². The fraction of sp³-hybridized carbons (Fsp3) is 0.833. The third-order valence-electron chi connectivity index (χ3n) is 6.67. The Hall–Kier alpha value is -2.12. The van der Waals surface area contributed by atoms with Crippen LogP contribution in [0.25, 0.3) is 0 Å². The maximum Gasteiger partial charge on any atom is 0.306 e. The number of hydrogen-bond donors (Lipinski definition) is 2. The molecule has 4 unspecified atom stereocenters. The zero-order chi connectivity index (χ0) is 23.9. The van der Waals surface area contributed by atoms with Gasteiger partial charge in [-0.2, -0.15) is 0 Å². The van der Waals surface area contributed by atoms with Gasteiger partial charge in [0.05, 0.1) is 27.1 Å². The maximum absolute atomic E-state index is 10.7. The molecular weight excluding hydrogens is 412 g/mol. The Morgan fingerprint density at radius 1 is 0.688 bits per heavy atom. The molecule has 0 aromatic heterocycles. The number of amides is 2. The highest BCUT2D eigenvalue weighted by Crippen LogP contribution is 2.58. The molecule has 0 heterocycles. The standard InChI is InChI=1S/C10H16.2C7H13NO3/c1-2-9-7-4-5-8(6-7)10(9)3-1;2*1-3-8-6(9)4-5-7(10)11-2/h7-10H,1-6H2;2*3-5H2,1-2H3,(H,8,9). The summed E-state index contributed by atoms with van der Waals surface area (Å²) < 4.78 is 8.72. The lowest BCUT2D eigenvalue weighted by Gasteiger charge is -2.23. The van der Waals surface area contributed by atoms with E-state index < -0.39 is 0 Å². The number of hydrogen-bond acceptors (Lipinski definition) is 6. The van der Waals surface area contributed by atoms with Crippen LogP contribution in [0, 0.1) is 23.7 Å². The summed E-state index contributed by atoms with van der Waals surface area (Å²) in [7, 11) is 2.61. The van der Waals surface area contributed by atoms with Crippen LogP contribution in [0.15, 0.2) is 0 Å². The van der Waals surface area contributed by atoms with Crippen molar-refractivity contribution < 1.29 is 28.7 Å². The van der Waals surface area contributed by atoms with Crippen molar-refractivity contribution in [2.75, 3.05) is 27.3 Å². The van der Waals surface area contributed by atoms with Crippen LogP contribution in [0.3, 0.4) is 0 Å². The largest absolute Gasteiger partial charge is 0.469 e. The van der Waals surface area contributed by atoms with Crippen LogP contribution < -0.4 is 10.6 Å². The Labute approximate surface area is 192 Å². The van der Waals surface area contributed by atoms with E-state index in [0.717, 1.165) is 0 Å². The van der Waals surface area contributed by atoms with Gasteiger partial charge in [-0.25, -0.2) is 0 Å². The number of carbonyl (C=O) groups excluding carboxylic acids is 4. The second kappa shape index (κ2) is 15.6. The molecule has 4 atom stereocenters. The molecule has 32 heavy (non-hydrogen) atoms. The van der Waals surface area contributed by atoms with Crippen molar-refractivity contribution in [2.24, 2.45) is 23.7 Å². The number of rotatable bonds is 8. The number of esters is 2. The predicted molar refractivity (Wildman–Crippen MR) is 122 cm³/mol. The lowest BCUT2D eigenvalue weighted by molar-refractivity contribution is -0.142. The minimum Gasteiger partial charge on any atom is -0.469 e. The summed E-state index contributed by atoms with van der Waals surface area (Å²) in [6, 6.07) is 0. The van der Waals surface area contributed by atoms with Crippen LogP contribution in [0.1, 0.15) is 78.1 Å². The van der Waals surface area contributed by atoms with E-state index in [9.17, 15) is 19.2 Å². The van der Waals surface area contributed by atoms with Crippen LogP contribution >= 0.6 is 0 Å². The number of fused-ring (bicyclic) bond motifs is 5. The van der Waals surface area contributed by atoms with E-state index in [-0.39, 0.29) is 49.4 Å². The van der Waals surface area contributed by atoms with Crippen molar-refractivity contribution in [3.63, 3.8) is 0 Å². The molecule has 2 bridgehead atoms. The monoisotopic (exact) mass is 454 g/mol. The van der Waals surface area contributed by atoms with Crippen LogP contribution in [-0.4, -0.2) is 51.1 Å². The fourth-order valence-electron chi connectivity index (χ4n) is 5.22. The Bertz CT molecular complexity index is 559. The Morgan fingerprint density at radius 3 is 1.44 bits per heavy atom. The molecule has 3 rings (SSSR count). The average molecular weight is 455 g/mol. The molecule has 0 aromatic rings. The van der Waals surface area contributed by atoms with Gasteiger partial charge in [0.15, 0.2) is 0 Å². The van der Waals surface area contributed by atoms with Crippen molar-refractivity contribution in [3.8, 4) is 0 Å². The second-order valence-corrected chi connectivity index (χ2v) is 8.65. The molecule has 184 valence electrons. The van der Waals surface area contributed by atoms with Crippen molar-refractivity contribution in [1.29, 1.82) is 0 Å². The molecule has 3 aliphatic rings. The van der Waals surface area contributed by atoms with Crippen molar-refractivity contribution in [2.45, 2.75) is 78.1 Å². The van der Waals surface area contributed by atoms with Crippen molar-refractivity contribution in [1.82, 2.24) is 10.6 Å². The highest BCUT2D eigenvalue weighted by Gasteiger charge is 2.48. The number of carbonyl (C=O) groups is 4. The van der Waals surface area contributed by atoms with E-state index in [1.54, 1.807) is 38.5 Å². The van der Waals surface area contributed by atoms with E-state index in [1.807, 2.05) is 13.8 Å². The number of ether oxygens (including phenoxy) is 2. The van der Waals surface area contributed by atoms with Gasteiger partial charge in [-0.05, 0) is 69.6 Å². The van der Waals surface area contributed by atoms with Gasteiger partial charge in [0.25, 0.3) is 0 Å². The topological polar surface area (TPSA) is 111 Å². The third kappa shape index (κ3) is 10.0. The molecule has 3 aliphatic carbocycles. The van der Waals surface area contributed by atoms with Gasteiger partial charge in [-0.1, -0.05) is 6.42 Å². The predicted octanol–water partition coefficient (Wildman–Crippen LogP) is 2.98. The fourth-order valence-corrected chi connectivity index (χ4v) is 5.22. The zero-order valence-electron chi connectivity index (χ0n) is 20.2. The highest BCUT2D eigenvalue weighted by atomic mass is 16.5. The molecule has 2 amide bonds. The normalized spacial score (nSPS) is 24.1. The van der Waals surface area contributed by atoms with Crippen molar-refractivity contribution in [3.05, 3.63) is 0 Å². The molecule has 0 aromatic carbocycles. The first-order valence-corrected chi connectivity index (χ1v) is 12.0. The van der Waals surface area contributed by atoms with E-state index in [2.05, 4.69) is 20.1 Å². The summed E-state index contributed by atoms with van der Waals surface area (Å²) in [5.41, 5.74) is 0. The minimum atomic E-state index is -0.351. The SMILES string of the molecule is C1CC2C3CCC(C3)C2C1.CCNC(=O)CCC(=O)OC.CCNC(=O)CCC(=O)OC. The molecule has 0 spiro atoms. The number of methoxy groups -OCH3 is 2. The summed E-state index contributed by atoms with van der Waals surface area (Å²) in [6.07, 6.45) is 10.3. The second-order valence-electron chi connectivity index (χ2n) is 8.65. The minimum absolute atomic E-state index is 0.113. The molecule has 0 aliphatic heterocycles. The van der Waals surface area contributed by atoms with E-state index in [0.29, 0.717) is 13.1 Å². The van der Waals surface area contributed by atoms with E-state index in [4.69, 9.17) is 0 Å².